The van der Waals surface area contributed by atoms with Crippen molar-refractivity contribution in [3.8, 4) is 0 Å². The largest absolute Gasteiger partial charge is 0.433 e. The van der Waals surface area contributed by atoms with Gasteiger partial charge in [-0.05, 0) is 26.7 Å². The zero-order chi connectivity index (χ0) is 18.1. The molecule has 0 aliphatic carbocycles. The fourth-order valence-electron chi connectivity index (χ4n) is 2.91. The smallest absolute Gasteiger partial charge is 0.363 e. The van der Waals surface area contributed by atoms with Crippen molar-refractivity contribution in [2.45, 2.75) is 44.9 Å². The summed E-state index contributed by atoms with van der Waals surface area (Å²) in [7, 11) is 5.13. The minimum absolute atomic E-state index is 0.136. The van der Waals surface area contributed by atoms with E-state index in [1.165, 1.54) is 0 Å². The number of rotatable bonds is 4. The average molecular weight is 345 g/mol. The third kappa shape index (κ3) is 4.28. The molecule has 24 heavy (non-hydrogen) atoms. The Morgan fingerprint density at radius 3 is 2.17 bits per heavy atom. The summed E-state index contributed by atoms with van der Waals surface area (Å²) in [6.45, 7) is 6.19. The summed E-state index contributed by atoms with van der Waals surface area (Å²) < 4.78 is 39.4. The molecule has 2 rings (SSSR count). The van der Waals surface area contributed by atoms with Gasteiger partial charge >= 0.3 is 6.18 Å². The van der Waals surface area contributed by atoms with Crippen LogP contribution in [0.25, 0.3) is 0 Å². The van der Waals surface area contributed by atoms with Gasteiger partial charge in [0.05, 0.1) is 0 Å². The van der Waals surface area contributed by atoms with Crippen LogP contribution >= 0.6 is 0 Å². The van der Waals surface area contributed by atoms with E-state index in [2.05, 4.69) is 28.7 Å². The molecular formula is C16H26F3N5. The zero-order valence-corrected chi connectivity index (χ0v) is 14.9. The molecule has 0 atom stereocenters. The van der Waals surface area contributed by atoms with Crippen molar-refractivity contribution in [2.24, 2.45) is 0 Å². The topological polar surface area (TPSA) is 35.5 Å². The van der Waals surface area contributed by atoms with E-state index in [4.69, 9.17) is 0 Å². The van der Waals surface area contributed by atoms with Crippen LogP contribution in [-0.2, 0) is 6.18 Å². The highest BCUT2D eigenvalue weighted by atomic mass is 19.4. The lowest BCUT2D eigenvalue weighted by atomic mass is 10.0. The first kappa shape index (κ1) is 18.8. The molecule has 1 aromatic rings. The van der Waals surface area contributed by atoms with Crippen molar-refractivity contribution in [2.75, 3.05) is 44.0 Å². The van der Waals surface area contributed by atoms with E-state index in [9.17, 15) is 13.2 Å². The quantitative estimate of drug-likeness (QED) is 0.838. The van der Waals surface area contributed by atoms with Crippen molar-refractivity contribution in [1.29, 1.82) is 0 Å². The lowest BCUT2D eigenvalue weighted by Gasteiger charge is -2.38. The van der Waals surface area contributed by atoms with Gasteiger partial charge < -0.3 is 14.7 Å². The highest BCUT2D eigenvalue weighted by Gasteiger charge is 2.35. The Bertz CT molecular complexity index is 551. The molecule has 5 nitrogen and oxygen atoms in total. The van der Waals surface area contributed by atoms with E-state index in [-0.39, 0.29) is 17.8 Å². The number of alkyl halides is 3. The molecule has 0 spiro atoms. The lowest BCUT2D eigenvalue weighted by Crippen LogP contribution is -2.46. The molecule has 0 bridgehead atoms. The number of nitrogens with zero attached hydrogens (tertiary/aromatic N) is 5. The van der Waals surface area contributed by atoms with E-state index in [1.807, 2.05) is 0 Å². The normalized spacial score (nSPS) is 17.4. The number of anilines is 2. The van der Waals surface area contributed by atoms with Gasteiger partial charge in [0.15, 0.2) is 5.69 Å². The SMILES string of the molecule is CC(C)N1CCC(N(C)c2nc(N(C)C)cc(C(F)(F)F)n2)CC1. The maximum Gasteiger partial charge on any atom is 0.433 e. The number of piperidine rings is 1. The molecule has 1 aliphatic heterocycles. The highest BCUT2D eigenvalue weighted by molar-refractivity contribution is 5.45. The monoisotopic (exact) mass is 345 g/mol. The molecule has 0 aromatic carbocycles. The van der Waals surface area contributed by atoms with E-state index in [0.717, 1.165) is 32.0 Å². The lowest BCUT2D eigenvalue weighted by molar-refractivity contribution is -0.141. The predicted octanol–water partition coefficient (Wildman–Crippen LogP) is 2.87. The van der Waals surface area contributed by atoms with Crippen LogP contribution in [0.2, 0.25) is 0 Å². The van der Waals surface area contributed by atoms with Crippen LogP contribution in [0.5, 0.6) is 0 Å². The van der Waals surface area contributed by atoms with Crippen LogP contribution in [-0.4, -0.2) is 61.2 Å². The summed E-state index contributed by atoms with van der Waals surface area (Å²) in [6, 6.07) is 1.62. The maximum atomic E-state index is 13.1. The van der Waals surface area contributed by atoms with Gasteiger partial charge in [0.1, 0.15) is 5.82 Å². The van der Waals surface area contributed by atoms with Gasteiger partial charge in [0.25, 0.3) is 0 Å². The Balaban J connectivity index is 2.23. The predicted molar refractivity (Wildman–Crippen MR) is 89.5 cm³/mol. The summed E-state index contributed by atoms with van der Waals surface area (Å²) in [6.07, 6.45) is -2.69. The summed E-state index contributed by atoms with van der Waals surface area (Å²) in [4.78, 5) is 13.8. The first-order valence-electron chi connectivity index (χ1n) is 8.20. The van der Waals surface area contributed by atoms with Crippen LogP contribution in [0.4, 0.5) is 24.9 Å². The molecule has 0 amide bonds. The van der Waals surface area contributed by atoms with Gasteiger partial charge in [-0.15, -0.1) is 0 Å². The summed E-state index contributed by atoms with van der Waals surface area (Å²) in [5.41, 5.74) is -0.900. The molecule has 1 aromatic heterocycles. The van der Waals surface area contributed by atoms with Crippen molar-refractivity contribution < 1.29 is 13.2 Å². The van der Waals surface area contributed by atoms with E-state index in [1.54, 1.807) is 30.9 Å². The molecule has 1 saturated heterocycles. The second-order valence-corrected chi connectivity index (χ2v) is 6.78. The molecule has 0 saturated carbocycles. The van der Waals surface area contributed by atoms with E-state index in [0.29, 0.717) is 6.04 Å². The molecule has 136 valence electrons. The molecule has 1 aliphatic rings. The Morgan fingerprint density at radius 2 is 1.71 bits per heavy atom. The summed E-state index contributed by atoms with van der Waals surface area (Å²) in [5, 5.41) is 0. The Labute approximate surface area is 141 Å². The van der Waals surface area contributed by atoms with E-state index >= 15 is 0 Å². The van der Waals surface area contributed by atoms with Crippen LogP contribution < -0.4 is 9.80 Å². The Hall–Kier alpha value is -1.57. The minimum atomic E-state index is -4.48. The Morgan fingerprint density at radius 1 is 1.12 bits per heavy atom. The molecule has 2 heterocycles. The van der Waals surface area contributed by atoms with Gasteiger partial charge in [0, 0.05) is 52.4 Å². The van der Waals surface area contributed by atoms with Gasteiger partial charge in [-0.1, -0.05) is 0 Å². The third-order valence-electron chi connectivity index (χ3n) is 4.54. The van der Waals surface area contributed by atoms with Crippen LogP contribution in [0.1, 0.15) is 32.4 Å². The third-order valence-corrected chi connectivity index (χ3v) is 4.54. The number of hydrogen-bond acceptors (Lipinski definition) is 5. The van der Waals surface area contributed by atoms with Crippen LogP contribution in [0.15, 0.2) is 6.07 Å². The van der Waals surface area contributed by atoms with Crippen molar-refractivity contribution in [3.05, 3.63) is 11.8 Å². The second-order valence-electron chi connectivity index (χ2n) is 6.78. The van der Waals surface area contributed by atoms with Gasteiger partial charge in [-0.3, -0.25) is 0 Å². The summed E-state index contributed by atoms with van der Waals surface area (Å²) in [5.74, 6) is 0.398. The molecule has 0 N–H and O–H groups in total. The van der Waals surface area contributed by atoms with Crippen molar-refractivity contribution in [1.82, 2.24) is 14.9 Å². The number of hydrogen-bond donors (Lipinski definition) is 0. The highest BCUT2D eigenvalue weighted by Crippen LogP contribution is 2.31. The fraction of sp³-hybridized carbons (Fsp3) is 0.750. The number of likely N-dealkylation sites (tertiary alicyclic amines) is 1. The standard InChI is InChI=1S/C16H26F3N5/c1-11(2)24-8-6-12(7-9-24)23(5)15-20-13(16(17,18)19)10-14(21-15)22(3)4/h10-12H,6-9H2,1-5H3. The van der Waals surface area contributed by atoms with Crippen molar-refractivity contribution in [3.63, 3.8) is 0 Å². The molecule has 0 unspecified atom stereocenters. The van der Waals surface area contributed by atoms with Gasteiger partial charge in [0.2, 0.25) is 5.95 Å². The Kier molecular flexibility index (Phi) is 5.57. The molecule has 8 heteroatoms. The van der Waals surface area contributed by atoms with Gasteiger partial charge in [-0.2, -0.15) is 18.2 Å². The summed E-state index contributed by atoms with van der Waals surface area (Å²) >= 11 is 0. The van der Waals surface area contributed by atoms with Gasteiger partial charge in [-0.25, -0.2) is 4.98 Å². The molecular weight excluding hydrogens is 319 g/mol. The first-order chi connectivity index (χ1) is 11.1. The van der Waals surface area contributed by atoms with Crippen LogP contribution in [0.3, 0.4) is 0 Å². The average Bonchev–Trinajstić information content (AvgIpc) is 2.53. The number of aromatic nitrogens is 2. The van der Waals surface area contributed by atoms with Crippen LogP contribution in [0, 0.1) is 0 Å². The second kappa shape index (κ2) is 7.13. The first-order valence-corrected chi connectivity index (χ1v) is 8.20. The van der Waals surface area contributed by atoms with Crippen molar-refractivity contribution >= 4 is 11.8 Å². The fourth-order valence-corrected chi connectivity index (χ4v) is 2.91. The molecule has 1 fully saturated rings. The number of halogens is 3. The molecule has 0 radical (unpaired) electrons. The van der Waals surface area contributed by atoms with E-state index < -0.39 is 11.9 Å². The zero-order valence-electron chi connectivity index (χ0n) is 14.9. The maximum absolute atomic E-state index is 13.1. The minimum Gasteiger partial charge on any atom is -0.363 e.